The first kappa shape index (κ1) is 32.2. The van der Waals surface area contributed by atoms with Gasteiger partial charge in [0, 0.05) is 44.8 Å². The summed E-state index contributed by atoms with van der Waals surface area (Å²) >= 11 is 14.4. The average molecular weight is 660 g/mol. The second-order valence-electron chi connectivity index (χ2n) is 9.11. The molecule has 0 spiro atoms. The van der Waals surface area contributed by atoms with Gasteiger partial charge in [-0.3, -0.25) is 9.59 Å². The van der Waals surface area contributed by atoms with Gasteiger partial charge in [-0.15, -0.1) is 22.7 Å². The fourth-order valence-corrected chi connectivity index (χ4v) is 6.38. The second kappa shape index (κ2) is 15.2. The van der Waals surface area contributed by atoms with Crippen molar-refractivity contribution in [2.75, 3.05) is 23.8 Å². The molecule has 2 N–H and O–H groups in total. The van der Waals surface area contributed by atoms with Crippen LogP contribution in [0.15, 0.2) is 59.3 Å². The van der Waals surface area contributed by atoms with E-state index in [4.69, 9.17) is 32.7 Å². The van der Waals surface area contributed by atoms with E-state index in [0.717, 1.165) is 11.1 Å². The first-order valence-electron chi connectivity index (χ1n) is 13.4. The van der Waals surface area contributed by atoms with Crippen molar-refractivity contribution in [1.82, 2.24) is 0 Å². The highest BCUT2D eigenvalue weighted by Gasteiger charge is 2.24. The van der Waals surface area contributed by atoms with E-state index in [9.17, 15) is 19.2 Å². The number of halogens is 2. The third-order valence-corrected chi connectivity index (χ3v) is 8.46. The van der Waals surface area contributed by atoms with Crippen molar-refractivity contribution in [3.05, 3.63) is 80.5 Å². The lowest BCUT2D eigenvalue weighted by Gasteiger charge is -2.10. The lowest BCUT2D eigenvalue weighted by Crippen LogP contribution is -2.17. The van der Waals surface area contributed by atoms with Crippen LogP contribution in [0.25, 0.3) is 22.3 Å². The van der Waals surface area contributed by atoms with Gasteiger partial charge in [-0.1, -0.05) is 47.5 Å². The van der Waals surface area contributed by atoms with Gasteiger partial charge in [0.2, 0.25) is 11.8 Å². The van der Waals surface area contributed by atoms with Crippen LogP contribution in [0.3, 0.4) is 0 Å². The minimum Gasteiger partial charge on any atom is -0.462 e. The molecule has 0 saturated heterocycles. The van der Waals surface area contributed by atoms with Crippen LogP contribution >= 0.6 is 45.9 Å². The van der Waals surface area contributed by atoms with Crippen LogP contribution in [0, 0.1) is 0 Å². The van der Waals surface area contributed by atoms with Gasteiger partial charge in [0.1, 0.15) is 21.1 Å². The van der Waals surface area contributed by atoms with Crippen molar-refractivity contribution in [2.45, 2.75) is 33.1 Å². The summed E-state index contributed by atoms with van der Waals surface area (Å²) in [4.78, 5) is 51.2. The quantitative estimate of drug-likeness (QED) is 0.148. The Morgan fingerprint density at radius 2 is 1.02 bits per heavy atom. The highest BCUT2D eigenvalue weighted by Crippen LogP contribution is 2.38. The molecule has 4 aromatic rings. The number of rotatable bonds is 12. The molecule has 43 heavy (non-hydrogen) atoms. The van der Waals surface area contributed by atoms with Gasteiger partial charge in [-0.2, -0.15) is 0 Å². The number of anilines is 2. The number of ether oxygens (including phenoxy) is 2. The highest BCUT2D eigenvalue weighted by molar-refractivity contribution is 7.15. The van der Waals surface area contributed by atoms with Crippen molar-refractivity contribution in [2.24, 2.45) is 0 Å². The number of carbonyl (C=O) groups excluding carboxylic acids is 4. The zero-order valence-electron chi connectivity index (χ0n) is 23.3. The number of hydrogen-bond donors (Lipinski definition) is 2. The minimum atomic E-state index is -0.547. The molecular weight excluding hydrogens is 631 g/mol. The van der Waals surface area contributed by atoms with E-state index in [1.807, 2.05) is 0 Å². The molecule has 0 saturated carbocycles. The summed E-state index contributed by atoms with van der Waals surface area (Å²) < 4.78 is 10.5. The smallest absolute Gasteiger partial charge is 0.341 e. The minimum absolute atomic E-state index is 0.0368. The van der Waals surface area contributed by atoms with Crippen LogP contribution in [0.4, 0.5) is 10.0 Å². The number of amides is 2. The Morgan fingerprint density at radius 1 is 0.651 bits per heavy atom. The summed E-state index contributed by atoms with van der Waals surface area (Å²) in [6.07, 6.45) is 0.316. The molecule has 0 unspecified atom stereocenters. The fourth-order valence-electron chi connectivity index (χ4n) is 4.18. The molecule has 0 bridgehead atoms. The van der Waals surface area contributed by atoms with E-state index < -0.39 is 11.9 Å². The topological polar surface area (TPSA) is 111 Å². The summed E-state index contributed by atoms with van der Waals surface area (Å²) in [5.74, 6) is -1.79. The zero-order valence-corrected chi connectivity index (χ0v) is 26.5. The van der Waals surface area contributed by atoms with Crippen molar-refractivity contribution in [1.29, 1.82) is 0 Å². The Bertz CT molecular complexity index is 1490. The third-order valence-electron chi connectivity index (χ3n) is 6.17. The first-order chi connectivity index (χ1) is 20.7. The maximum absolute atomic E-state index is 12.8. The number of benzene rings is 2. The molecule has 0 aliphatic heterocycles. The van der Waals surface area contributed by atoms with Crippen molar-refractivity contribution < 1.29 is 28.7 Å². The monoisotopic (exact) mass is 658 g/mol. The summed E-state index contributed by atoms with van der Waals surface area (Å²) in [6.45, 7) is 3.78. The summed E-state index contributed by atoms with van der Waals surface area (Å²) in [5, 5.41) is 11.0. The van der Waals surface area contributed by atoms with Gasteiger partial charge in [-0.05, 0) is 55.7 Å². The summed E-state index contributed by atoms with van der Waals surface area (Å²) in [5.41, 5.74) is 3.30. The van der Waals surface area contributed by atoms with E-state index in [1.54, 1.807) is 73.1 Å². The van der Waals surface area contributed by atoms with E-state index in [2.05, 4.69) is 10.6 Å². The van der Waals surface area contributed by atoms with Crippen molar-refractivity contribution in [3.8, 4) is 22.3 Å². The van der Waals surface area contributed by atoms with Crippen LogP contribution in [0.5, 0.6) is 0 Å². The predicted octanol–water partition coefficient (Wildman–Crippen LogP) is 8.55. The van der Waals surface area contributed by atoms with Crippen molar-refractivity contribution in [3.63, 3.8) is 0 Å². The first-order valence-corrected chi connectivity index (χ1v) is 15.9. The third kappa shape index (κ3) is 8.23. The van der Waals surface area contributed by atoms with Crippen LogP contribution in [0.1, 0.15) is 53.8 Å². The van der Waals surface area contributed by atoms with Gasteiger partial charge in [-0.25, -0.2) is 9.59 Å². The van der Waals surface area contributed by atoms with E-state index >= 15 is 0 Å². The van der Waals surface area contributed by atoms with Gasteiger partial charge < -0.3 is 20.1 Å². The molecule has 0 radical (unpaired) electrons. The average Bonchev–Trinajstić information content (AvgIpc) is 3.58. The van der Waals surface area contributed by atoms with Crippen LogP contribution in [0.2, 0.25) is 10.0 Å². The number of hydrogen-bond acceptors (Lipinski definition) is 8. The molecule has 2 amide bonds. The fraction of sp³-hybridized carbons (Fsp3) is 0.226. The van der Waals surface area contributed by atoms with Gasteiger partial charge >= 0.3 is 11.9 Å². The standard InChI is InChI=1S/C31H28Cl2N2O6S2/c1-3-40-30(38)26-22(18-8-12-20(32)13-9-18)16-42-28(26)34-24(36)6-5-7-25(37)35-29-27(31(39)41-4-2)23(17-43-29)19-10-14-21(33)15-11-19/h8-17H,3-7H2,1-2H3,(H,34,36)(H,35,37). The normalized spacial score (nSPS) is 10.7. The Labute approximate surface area is 266 Å². The Morgan fingerprint density at radius 3 is 1.37 bits per heavy atom. The Hall–Kier alpha value is -3.70. The van der Waals surface area contributed by atoms with Gasteiger partial charge in [0.05, 0.1) is 13.2 Å². The molecule has 224 valence electrons. The largest absolute Gasteiger partial charge is 0.462 e. The highest BCUT2D eigenvalue weighted by atomic mass is 35.5. The molecule has 0 aliphatic carbocycles. The van der Waals surface area contributed by atoms with E-state index in [-0.39, 0.29) is 55.4 Å². The second-order valence-corrected chi connectivity index (χ2v) is 11.7. The molecule has 0 atom stereocenters. The maximum Gasteiger partial charge on any atom is 0.341 e. The molecule has 0 aliphatic rings. The Kier molecular flexibility index (Phi) is 11.4. The van der Waals surface area contributed by atoms with Gasteiger partial charge in [0.25, 0.3) is 0 Å². The molecular formula is C31H28Cl2N2O6S2. The molecule has 2 aromatic heterocycles. The number of thiophene rings is 2. The SMILES string of the molecule is CCOC(=O)c1c(-c2ccc(Cl)cc2)csc1NC(=O)CCCC(=O)Nc1scc(-c2ccc(Cl)cc2)c1C(=O)OCC. The molecule has 8 nitrogen and oxygen atoms in total. The van der Waals surface area contributed by atoms with Crippen LogP contribution in [-0.2, 0) is 19.1 Å². The lowest BCUT2D eigenvalue weighted by atomic mass is 10.0. The van der Waals surface area contributed by atoms with E-state index in [1.165, 1.54) is 22.7 Å². The van der Waals surface area contributed by atoms with Crippen LogP contribution < -0.4 is 10.6 Å². The van der Waals surface area contributed by atoms with Crippen molar-refractivity contribution >= 4 is 79.6 Å². The molecule has 2 heterocycles. The summed E-state index contributed by atoms with van der Waals surface area (Å²) in [7, 11) is 0. The van der Waals surface area contributed by atoms with Crippen LogP contribution in [-0.4, -0.2) is 37.0 Å². The number of carbonyl (C=O) groups is 4. The van der Waals surface area contributed by atoms with E-state index in [0.29, 0.717) is 31.2 Å². The number of nitrogens with one attached hydrogen (secondary N) is 2. The molecule has 0 fully saturated rings. The predicted molar refractivity (Wildman–Crippen MR) is 173 cm³/mol. The molecule has 4 rings (SSSR count). The molecule has 12 heteroatoms. The number of esters is 2. The zero-order chi connectivity index (χ0) is 30.9. The summed E-state index contributed by atoms with van der Waals surface area (Å²) in [6, 6.07) is 14.0. The van der Waals surface area contributed by atoms with Gasteiger partial charge in [0.15, 0.2) is 0 Å². The molecule has 2 aromatic carbocycles. The maximum atomic E-state index is 12.8. The Balaban J connectivity index is 1.40. The lowest BCUT2D eigenvalue weighted by molar-refractivity contribution is -0.117.